The molecular weight excluding hydrogens is 313 g/mol. The monoisotopic (exact) mass is 323 g/mol. The van der Waals surface area contributed by atoms with Crippen LogP contribution in [-0.4, -0.2) is 27.4 Å². The van der Waals surface area contributed by atoms with Crippen molar-refractivity contribution in [1.82, 2.24) is 0 Å². The van der Waals surface area contributed by atoms with Crippen LogP contribution in [0.25, 0.3) is 0 Å². The highest BCUT2D eigenvalue weighted by Gasteiger charge is 2.16. The highest BCUT2D eigenvalue weighted by Crippen LogP contribution is 2.41. The number of anilines is 1. The number of benzene rings is 1. The molecule has 0 heterocycles. The summed E-state index contributed by atoms with van der Waals surface area (Å²) >= 11 is 3.18. The Labute approximate surface area is 106 Å². The van der Waals surface area contributed by atoms with Crippen molar-refractivity contribution in [2.45, 2.75) is 6.16 Å². The molecule has 0 aliphatic heterocycles. The second kappa shape index (κ2) is 5.64. The van der Waals surface area contributed by atoms with Crippen molar-refractivity contribution in [1.29, 1.82) is 0 Å². The van der Waals surface area contributed by atoms with Crippen LogP contribution in [0.5, 0.6) is 0 Å². The molecule has 0 bridgehead atoms. The molecular formula is C9H11BrNO5P. The first-order chi connectivity index (χ1) is 7.78. The molecule has 0 atom stereocenters. The zero-order valence-corrected chi connectivity index (χ0v) is 11.1. The molecule has 6 nitrogen and oxygen atoms in total. The van der Waals surface area contributed by atoms with Crippen molar-refractivity contribution in [3.63, 3.8) is 0 Å². The lowest BCUT2D eigenvalue weighted by atomic mass is 10.2. The Morgan fingerprint density at radius 2 is 2.06 bits per heavy atom. The minimum Gasteiger partial charge on any atom is -0.480 e. The maximum atomic E-state index is 10.8. The molecule has 1 aromatic rings. The minimum atomic E-state index is -4.11. The molecule has 8 heteroatoms. The Kier molecular flexibility index (Phi) is 4.70. The van der Waals surface area contributed by atoms with Gasteiger partial charge in [0.25, 0.3) is 0 Å². The van der Waals surface area contributed by atoms with E-state index in [-0.39, 0.29) is 12.7 Å². The van der Waals surface area contributed by atoms with E-state index in [0.29, 0.717) is 15.7 Å². The van der Waals surface area contributed by atoms with E-state index >= 15 is 0 Å². The van der Waals surface area contributed by atoms with Gasteiger partial charge >= 0.3 is 13.6 Å². The van der Waals surface area contributed by atoms with Gasteiger partial charge < -0.3 is 20.2 Å². The lowest BCUT2D eigenvalue weighted by Crippen LogP contribution is -2.12. The topological polar surface area (TPSA) is 107 Å². The van der Waals surface area contributed by atoms with Crippen molar-refractivity contribution in [3.05, 3.63) is 28.2 Å². The van der Waals surface area contributed by atoms with E-state index in [0.717, 1.165) is 0 Å². The Morgan fingerprint density at radius 3 is 2.53 bits per heavy atom. The lowest BCUT2D eigenvalue weighted by molar-refractivity contribution is -0.134. The molecule has 0 spiro atoms. The maximum Gasteiger partial charge on any atom is 0.329 e. The third-order valence-corrected chi connectivity index (χ3v) is 3.36. The number of hydrogen-bond donors (Lipinski definition) is 4. The Bertz CT molecular complexity index is 472. The van der Waals surface area contributed by atoms with E-state index in [4.69, 9.17) is 14.9 Å². The number of carboxylic acid groups (broad SMARTS) is 1. The highest BCUT2D eigenvalue weighted by atomic mass is 79.9. The van der Waals surface area contributed by atoms with Gasteiger partial charge in [0.1, 0.15) is 6.54 Å². The summed E-state index contributed by atoms with van der Waals surface area (Å²) in [5, 5.41) is 11.1. The van der Waals surface area contributed by atoms with Gasteiger partial charge in [0.15, 0.2) is 0 Å². The van der Waals surface area contributed by atoms with Gasteiger partial charge in [-0.3, -0.25) is 9.36 Å². The van der Waals surface area contributed by atoms with Crippen molar-refractivity contribution in [3.8, 4) is 0 Å². The summed E-state index contributed by atoms with van der Waals surface area (Å²) in [5.74, 6) is -0.986. The SMILES string of the molecule is O=C(O)CNc1ccc(CP(=O)(O)O)c(Br)c1. The number of carbonyl (C=O) groups is 1. The molecule has 94 valence electrons. The zero-order chi connectivity index (χ0) is 13.1. The normalized spacial score (nSPS) is 11.2. The second-order valence-corrected chi connectivity index (χ2v) is 5.88. The van der Waals surface area contributed by atoms with Gasteiger partial charge in [0, 0.05) is 10.2 Å². The van der Waals surface area contributed by atoms with Gasteiger partial charge in [-0.15, -0.1) is 0 Å². The molecule has 4 N–H and O–H groups in total. The molecule has 0 saturated carbocycles. The van der Waals surface area contributed by atoms with E-state index in [1.807, 2.05) is 0 Å². The van der Waals surface area contributed by atoms with Crippen molar-refractivity contribution < 1.29 is 24.3 Å². The first kappa shape index (κ1) is 14.2. The van der Waals surface area contributed by atoms with E-state index in [9.17, 15) is 9.36 Å². The molecule has 0 aromatic heterocycles. The van der Waals surface area contributed by atoms with Crippen LogP contribution in [0.1, 0.15) is 5.56 Å². The quantitative estimate of drug-likeness (QED) is 0.613. The number of aliphatic carboxylic acids is 1. The molecule has 0 unspecified atom stereocenters. The first-order valence-corrected chi connectivity index (χ1v) is 7.15. The van der Waals surface area contributed by atoms with E-state index in [1.165, 1.54) is 6.07 Å². The molecule has 0 fully saturated rings. The highest BCUT2D eigenvalue weighted by molar-refractivity contribution is 9.10. The van der Waals surface area contributed by atoms with Gasteiger partial charge in [0.05, 0.1) is 6.16 Å². The Morgan fingerprint density at radius 1 is 1.41 bits per heavy atom. The number of nitrogens with one attached hydrogen (secondary N) is 1. The van der Waals surface area contributed by atoms with Gasteiger partial charge in [0.2, 0.25) is 0 Å². The van der Waals surface area contributed by atoms with E-state index in [1.54, 1.807) is 12.1 Å². The van der Waals surface area contributed by atoms with Crippen LogP contribution >= 0.6 is 23.5 Å². The van der Waals surface area contributed by atoms with Crippen LogP contribution < -0.4 is 5.32 Å². The number of hydrogen-bond acceptors (Lipinski definition) is 3. The molecule has 0 aliphatic rings. The Hall–Kier alpha value is -0.880. The smallest absolute Gasteiger partial charge is 0.329 e. The van der Waals surface area contributed by atoms with Crippen LogP contribution in [0.3, 0.4) is 0 Å². The number of carboxylic acids is 1. The van der Waals surface area contributed by atoms with Crippen LogP contribution in [0.4, 0.5) is 5.69 Å². The molecule has 17 heavy (non-hydrogen) atoms. The van der Waals surface area contributed by atoms with Crippen LogP contribution in [-0.2, 0) is 15.5 Å². The zero-order valence-electron chi connectivity index (χ0n) is 8.63. The summed E-state index contributed by atoms with van der Waals surface area (Å²) in [4.78, 5) is 28.0. The van der Waals surface area contributed by atoms with E-state index in [2.05, 4.69) is 21.2 Å². The van der Waals surface area contributed by atoms with Crippen LogP contribution in [0, 0.1) is 0 Å². The van der Waals surface area contributed by atoms with Gasteiger partial charge in [-0.25, -0.2) is 0 Å². The van der Waals surface area contributed by atoms with Gasteiger partial charge in [-0.2, -0.15) is 0 Å². The van der Waals surface area contributed by atoms with Crippen molar-refractivity contribution >= 4 is 35.2 Å². The summed E-state index contributed by atoms with van der Waals surface area (Å²) < 4.78 is 11.4. The fraction of sp³-hybridized carbons (Fsp3) is 0.222. The first-order valence-electron chi connectivity index (χ1n) is 4.56. The minimum absolute atomic E-state index is 0.218. The average Bonchev–Trinajstić information content (AvgIpc) is 2.17. The Balaban J connectivity index is 2.79. The van der Waals surface area contributed by atoms with E-state index < -0.39 is 13.6 Å². The predicted octanol–water partition coefficient (Wildman–Crippen LogP) is 1.62. The molecule has 0 amide bonds. The molecule has 1 rings (SSSR count). The van der Waals surface area contributed by atoms with Crippen molar-refractivity contribution in [2.75, 3.05) is 11.9 Å². The third-order valence-electron chi connectivity index (χ3n) is 1.87. The van der Waals surface area contributed by atoms with Crippen LogP contribution in [0.2, 0.25) is 0 Å². The standard InChI is InChI=1S/C9H11BrNO5P/c10-8-3-7(11-4-9(12)13)2-1-6(8)5-17(14,15)16/h1-3,11H,4-5H2,(H,12,13)(H2,14,15,16). The third kappa shape index (κ3) is 5.32. The molecule has 0 radical (unpaired) electrons. The lowest BCUT2D eigenvalue weighted by Gasteiger charge is -2.09. The van der Waals surface area contributed by atoms with Crippen LogP contribution in [0.15, 0.2) is 22.7 Å². The maximum absolute atomic E-state index is 10.8. The number of rotatable bonds is 5. The largest absolute Gasteiger partial charge is 0.480 e. The number of halogens is 1. The average molecular weight is 324 g/mol. The summed E-state index contributed by atoms with van der Waals surface area (Å²) in [5.41, 5.74) is 1.04. The predicted molar refractivity (Wildman–Crippen MR) is 66.0 cm³/mol. The molecule has 0 saturated heterocycles. The fourth-order valence-electron chi connectivity index (χ4n) is 1.19. The summed E-state index contributed by atoms with van der Waals surface area (Å²) in [6, 6.07) is 4.68. The second-order valence-electron chi connectivity index (χ2n) is 3.38. The molecule has 0 aliphatic carbocycles. The van der Waals surface area contributed by atoms with Crippen molar-refractivity contribution in [2.24, 2.45) is 0 Å². The summed E-state index contributed by atoms with van der Waals surface area (Å²) in [6.45, 7) is -0.218. The van der Waals surface area contributed by atoms with Gasteiger partial charge in [-0.1, -0.05) is 22.0 Å². The van der Waals surface area contributed by atoms with Gasteiger partial charge in [-0.05, 0) is 17.7 Å². The summed E-state index contributed by atoms with van der Waals surface area (Å²) in [6.07, 6.45) is -0.354. The molecule has 1 aromatic carbocycles. The fourth-order valence-corrected chi connectivity index (χ4v) is 2.64. The summed E-state index contributed by atoms with van der Waals surface area (Å²) in [7, 11) is -4.11.